The fourth-order valence-electron chi connectivity index (χ4n) is 4.75. The molecule has 2 aliphatic heterocycles. The SMILES string of the molecule is CCN(CC)C(=O)CN1CCC2(C/C=C\CCOc3ccccc3C(=O)NCCCNC2=O)CC1. The predicted molar refractivity (Wildman–Crippen MR) is 136 cm³/mol. The fourth-order valence-corrected chi connectivity index (χ4v) is 4.75. The smallest absolute Gasteiger partial charge is 0.255 e. The van der Waals surface area contributed by atoms with Crippen LogP contribution in [-0.4, -0.2) is 79.9 Å². The first-order chi connectivity index (χ1) is 17.0. The van der Waals surface area contributed by atoms with Crippen LogP contribution in [0.2, 0.25) is 0 Å². The molecule has 35 heavy (non-hydrogen) atoms. The third-order valence-corrected chi connectivity index (χ3v) is 7.04. The van der Waals surface area contributed by atoms with Gasteiger partial charge in [0.2, 0.25) is 11.8 Å². The van der Waals surface area contributed by atoms with E-state index < -0.39 is 5.41 Å². The quantitative estimate of drug-likeness (QED) is 0.641. The van der Waals surface area contributed by atoms with Crippen molar-refractivity contribution in [1.29, 1.82) is 0 Å². The monoisotopic (exact) mass is 484 g/mol. The summed E-state index contributed by atoms with van der Waals surface area (Å²) < 4.78 is 5.87. The van der Waals surface area contributed by atoms with Gasteiger partial charge in [-0.15, -0.1) is 0 Å². The molecule has 0 aliphatic carbocycles. The van der Waals surface area contributed by atoms with E-state index in [0.29, 0.717) is 56.8 Å². The van der Waals surface area contributed by atoms with Gasteiger partial charge >= 0.3 is 0 Å². The van der Waals surface area contributed by atoms with Crippen molar-refractivity contribution in [3.8, 4) is 5.75 Å². The molecule has 1 fully saturated rings. The molecule has 192 valence electrons. The molecule has 0 saturated carbocycles. The molecular formula is C27H40N4O4. The molecule has 0 unspecified atom stereocenters. The number of allylic oxidation sites excluding steroid dienone is 1. The zero-order chi connectivity index (χ0) is 25.1. The number of nitrogens with one attached hydrogen (secondary N) is 2. The molecule has 0 atom stereocenters. The summed E-state index contributed by atoms with van der Waals surface area (Å²) >= 11 is 0. The zero-order valence-corrected chi connectivity index (χ0v) is 21.2. The van der Waals surface area contributed by atoms with Crippen molar-refractivity contribution >= 4 is 17.7 Å². The number of likely N-dealkylation sites (N-methyl/N-ethyl adjacent to an activating group) is 1. The number of fused-ring (bicyclic) bond motifs is 1. The summed E-state index contributed by atoms with van der Waals surface area (Å²) in [4.78, 5) is 42.4. The summed E-state index contributed by atoms with van der Waals surface area (Å²) in [6.45, 7) is 8.73. The molecule has 8 heteroatoms. The predicted octanol–water partition coefficient (Wildman–Crippen LogP) is 2.60. The van der Waals surface area contributed by atoms with E-state index in [-0.39, 0.29) is 17.7 Å². The Kier molecular flexibility index (Phi) is 10.1. The summed E-state index contributed by atoms with van der Waals surface area (Å²) in [5.41, 5.74) is 0.0525. The zero-order valence-electron chi connectivity index (χ0n) is 21.2. The summed E-state index contributed by atoms with van der Waals surface area (Å²) in [6.07, 6.45) is 7.59. The van der Waals surface area contributed by atoms with E-state index in [9.17, 15) is 14.4 Å². The second-order valence-corrected chi connectivity index (χ2v) is 9.30. The second-order valence-electron chi connectivity index (χ2n) is 9.30. The van der Waals surface area contributed by atoms with Crippen LogP contribution >= 0.6 is 0 Å². The Morgan fingerprint density at radius 2 is 1.77 bits per heavy atom. The topological polar surface area (TPSA) is 91.0 Å². The number of benzene rings is 1. The molecule has 3 amide bonds. The number of ether oxygens (including phenoxy) is 1. The van der Waals surface area contributed by atoms with Gasteiger partial charge in [-0.05, 0) is 71.2 Å². The Morgan fingerprint density at radius 1 is 1.06 bits per heavy atom. The minimum Gasteiger partial charge on any atom is -0.492 e. The van der Waals surface area contributed by atoms with Crippen LogP contribution < -0.4 is 15.4 Å². The van der Waals surface area contributed by atoms with Gasteiger partial charge in [-0.3, -0.25) is 19.3 Å². The van der Waals surface area contributed by atoms with Crippen molar-refractivity contribution in [2.24, 2.45) is 5.41 Å². The first kappa shape index (κ1) is 26.7. The van der Waals surface area contributed by atoms with Crippen LogP contribution in [0, 0.1) is 5.41 Å². The van der Waals surface area contributed by atoms with Gasteiger partial charge < -0.3 is 20.3 Å². The number of nitrogens with zero attached hydrogens (tertiary/aromatic N) is 2. The number of para-hydroxylation sites is 1. The molecule has 0 bridgehead atoms. The molecule has 2 heterocycles. The van der Waals surface area contributed by atoms with Gasteiger partial charge in [-0.1, -0.05) is 24.3 Å². The van der Waals surface area contributed by atoms with E-state index in [1.54, 1.807) is 6.07 Å². The van der Waals surface area contributed by atoms with Gasteiger partial charge in [0.25, 0.3) is 5.91 Å². The molecule has 2 N–H and O–H groups in total. The minimum absolute atomic E-state index is 0.0666. The normalized spacial score (nSPS) is 20.7. The number of rotatable bonds is 4. The average molecular weight is 485 g/mol. The van der Waals surface area contributed by atoms with Gasteiger partial charge in [-0.25, -0.2) is 0 Å². The second kappa shape index (κ2) is 13.3. The molecule has 1 spiro atoms. The number of piperidine rings is 1. The standard InChI is InChI=1S/C27H40N4O4/c1-3-31(4-2)24(32)21-30-18-14-27(15-19-30)13-8-5-9-20-35-23-12-7-6-11-22(23)25(33)28-16-10-17-29-26(27)34/h5-8,11-12H,3-4,9-10,13-21H2,1-2H3,(H,28,33)(H,29,34)/b8-5-. The van der Waals surface area contributed by atoms with Crippen molar-refractivity contribution in [3.63, 3.8) is 0 Å². The molecule has 3 rings (SSSR count). The number of likely N-dealkylation sites (tertiary alicyclic amines) is 1. The van der Waals surface area contributed by atoms with Gasteiger partial charge in [0.15, 0.2) is 0 Å². The van der Waals surface area contributed by atoms with Crippen LogP contribution in [-0.2, 0) is 9.59 Å². The maximum atomic E-state index is 13.3. The highest BCUT2D eigenvalue weighted by Crippen LogP contribution is 2.36. The first-order valence-corrected chi connectivity index (χ1v) is 12.9. The number of hydrogen-bond acceptors (Lipinski definition) is 5. The Bertz CT molecular complexity index is 889. The van der Waals surface area contributed by atoms with E-state index in [4.69, 9.17) is 4.74 Å². The maximum Gasteiger partial charge on any atom is 0.255 e. The minimum atomic E-state index is -0.473. The Morgan fingerprint density at radius 3 is 2.51 bits per heavy atom. The Balaban J connectivity index is 1.63. The summed E-state index contributed by atoms with van der Waals surface area (Å²) in [5.74, 6) is 0.633. The van der Waals surface area contributed by atoms with Crippen molar-refractivity contribution in [2.75, 3.05) is 52.4 Å². The number of carbonyl (C=O) groups is 3. The van der Waals surface area contributed by atoms with Crippen molar-refractivity contribution in [1.82, 2.24) is 20.4 Å². The van der Waals surface area contributed by atoms with Crippen LogP contribution in [0.15, 0.2) is 36.4 Å². The molecule has 8 nitrogen and oxygen atoms in total. The summed E-state index contributed by atoms with van der Waals surface area (Å²) in [7, 11) is 0. The third kappa shape index (κ3) is 7.31. The van der Waals surface area contributed by atoms with Gasteiger partial charge in [0, 0.05) is 26.2 Å². The number of carbonyl (C=O) groups excluding carboxylic acids is 3. The Hall–Kier alpha value is -2.87. The molecular weight excluding hydrogens is 444 g/mol. The van der Waals surface area contributed by atoms with Crippen LogP contribution in [0.5, 0.6) is 5.75 Å². The molecule has 0 aromatic heterocycles. The molecule has 1 aromatic rings. The average Bonchev–Trinajstić information content (AvgIpc) is 2.87. The van der Waals surface area contributed by atoms with E-state index >= 15 is 0 Å². The molecule has 1 saturated heterocycles. The van der Waals surface area contributed by atoms with Crippen molar-refractivity contribution in [2.45, 2.75) is 46.0 Å². The van der Waals surface area contributed by atoms with Crippen molar-refractivity contribution < 1.29 is 19.1 Å². The summed E-state index contributed by atoms with van der Waals surface area (Å²) in [6, 6.07) is 7.26. The largest absolute Gasteiger partial charge is 0.492 e. The lowest BCUT2D eigenvalue weighted by molar-refractivity contribution is -0.135. The lowest BCUT2D eigenvalue weighted by Gasteiger charge is -2.40. The highest BCUT2D eigenvalue weighted by Gasteiger charge is 2.40. The molecule has 2 aliphatic rings. The molecule has 0 radical (unpaired) electrons. The van der Waals surface area contributed by atoms with E-state index in [1.165, 1.54) is 0 Å². The summed E-state index contributed by atoms with van der Waals surface area (Å²) in [5, 5.41) is 6.03. The molecule has 1 aromatic carbocycles. The maximum absolute atomic E-state index is 13.3. The number of amides is 3. The van der Waals surface area contributed by atoms with E-state index in [0.717, 1.165) is 39.0 Å². The Labute approximate surface area is 209 Å². The lowest BCUT2D eigenvalue weighted by atomic mass is 9.74. The van der Waals surface area contributed by atoms with Gasteiger partial charge in [-0.2, -0.15) is 0 Å². The lowest BCUT2D eigenvalue weighted by Crippen LogP contribution is -2.51. The van der Waals surface area contributed by atoms with Crippen LogP contribution in [0.4, 0.5) is 0 Å². The highest BCUT2D eigenvalue weighted by atomic mass is 16.5. The third-order valence-electron chi connectivity index (χ3n) is 7.04. The van der Waals surface area contributed by atoms with Crippen LogP contribution in [0.1, 0.15) is 56.3 Å². The fraction of sp³-hybridized carbons (Fsp3) is 0.593. The van der Waals surface area contributed by atoms with E-state index in [2.05, 4.69) is 27.7 Å². The highest BCUT2D eigenvalue weighted by molar-refractivity contribution is 5.96. The number of hydrogen-bond donors (Lipinski definition) is 2. The first-order valence-electron chi connectivity index (χ1n) is 12.9. The van der Waals surface area contributed by atoms with E-state index in [1.807, 2.05) is 36.9 Å². The van der Waals surface area contributed by atoms with Gasteiger partial charge in [0.05, 0.1) is 24.1 Å². The van der Waals surface area contributed by atoms with Gasteiger partial charge in [0.1, 0.15) is 5.75 Å². The van der Waals surface area contributed by atoms with Crippen LogP contribution in [0.25, 0.3) is 0 Å². The van der Waals surface area contributed by atoms with Crippen molar-refractivity contribution in [3.05, 3.63) is 42.0 Å². The van der Waals surface area contributed by atoms with Crippen LogP contribution in [0.3, 0.4) is 0 Å².